The highest BCUT2D eigenvalue weighted by Gasteiger charge is 2.10. The lowest BCUT2D eigenvalue weighted by Gasteiger charge is -2.16. The van der Waals surface area contributed by atoms with E-state index in [2.05, 4.69) is 31.1 Å². The largest absolute Gasteiger partial charge is 0.366 e. The maximum Gasteiger partial charge on any atom is 0.146 e. The predicted octanol–water partition coefficient (Wildman–Crippen LogP) is 3.84. The average molecular weight is 252 g/mol. The molecular formula is C13H18ClN3. The van der Waals surface area contributed by atoms with E-state index in [0.717, 1.165) is 12.8 Å². The minimum atomic E-state index is 0.302. The lowest BCUT2D eigenvalue weighted by atomic mass is 10.0. The minimum absolute atomic E-state index is 0.302. The van der Waals surface area contributed by atoms with E-state index in [9.17, 15) is 0 Å². The highest BCUT2D eigenvalue weighted by Crippen LogP contribution is 2.24. The zero-order chi connectivity index (χ0) is 12.8. The molecule has 0 saturated heterocycles. The van der Waals surface area contributed by atoms with Gasteiger partial charge in [-0.2, -0.15) is 5.26 Å². The van der Waals surface area contributed by atoms with Crippen LogP contribution in [-0.2, 0) is 0 Å². The zero-order valence-electron chi connectivity index (χ0n) is 10.5. The second kappa shape index (κ2) is 6.46. The molecule has 0 bridgehead atoms. The van der Waals surface area contributed by atoms with Crippen molar-refractivity contribution in [3.8, 4) is 6.07 Å². The summed E-state index contributed by atoms with van der Waals surface area (Å²) in [6.45, 7) is 6.50. The first-order valence-electron chi connectivity index (χ1n) is 5.85. The van der Waals surface area contributed by atoms with Crippen LogP contribution in [0.15, 0.2) is 12.3 Å². The molecular weight excluding hydrogens is 234 g/mol. The Kier molecular flexibility index (Phi) is 5.24. The minimum Gasteiger partial charge on any atom is -0.366 e. The van der Waals surface area contributed by atoms with E-state index in [0.29, 0.717) is 28.4 Å². The zero-order valence-corrected chi connectivity index (χ0v) is 11.3. The molecule has 1 atom stereocenters. The average Bonchev–Trinajstić information content (AvgIpc) is 2.29. The van der Waals surface area contributed by atoms with Crippen molar-refractivity contribution in [2.75, 3.05) is 5.32 Å². The predicted molar refractivity (Wildman–Crippen MR) is 71.1 cm³/mol. The van der Waals surface area contributed by atoms with E-state index in [-0.39, 0.29) is 0 Å². The molecule has 1 N–H and O–H groups in total. The van der Waals surface area contributed by atoms with Crippen molar-refractivity contribution in [2.24, 2.45) is 5.92 Å². The third kappa shape index (κ3) is 4.24. The maximum atomic E-state index is 8.86. The maximum absolute atomic E-state index is 8.86. The number of pyridine rings is 1. The molecule has 4 heteroatoms. The van der Waals surface area contributed by atoms with E-state index in [4.69, 9.17) is 16.9 Å². The molecule has 1 heterocycles. The Hall–Kier alpha value is -1.27. The number of anilines is 1. The quantitative estimate of drug-likeness (QED) is 0.865. The van der Waals surface area contributed by atoms with Crippen LogP contribution in [0.2, 0.25) is 5.02 Å². The van der Waals surface area contributed by atoms with Gasteiger partial charge in [-0.3, -0.25) is 0 Å². The summed E-state index contributed by atoms with van der Waals surface area (Å²) in [5, 5.41) is 12.5. The second-order valence-electron chi connectivity index (χ2n) is 4.65. The molecule has 0 fully saturated rings. The van der Waals surface area contributed by atoms with Gasteiger partial charge in [0.15, 0.2) is 0 Å². The van der Waals surface area contributed by atoms with Crippen LogP contribution in [0.3, 0.4) is 0 Å². The summed E-state index contributed by atoms with van der Waals surface area (Å²) in [5.74, 6) is 1.29. The Balaban J connectivity index is 2.66. The van der Waals surface area contributed by atoms with Gasteiger partial charge < -0.3 is 5.32 Å². The number of halogens is 1. The van der Waals surface area contributed by atoms with Crippen LogP contribution in [0.4, 0.5) is 5.82 Å². The van der Waals surface area contributed by atoms with Crippen molar-refractivity contribution >= 4 is 17.4 Å². The molecule has 1 rings (SSSR count). The van der Waals surface area contributed by atoms with Gasteiger partial charge >= 0.3 is 0 Å². The van der Waals surface area contributed by atoms with E-state index in [1.807, 2.05) is 6.07 Å². The number of nitrogens with zero attached hydrogens (tertiary/aromatic N) is 2. The molecule has 17 heavy (non-hydrogen) atoms. The smallest absolute Gasteiger partial charge is 0.146 e. The van der Waals surface area contributed by atoms with Crippen molar-refractivity contribution < 1.29 is 0 Å². The molecule has 92 valence electrons. The highest BCUT2D eigenvalue weighted by atomic mass is 35.5. The third-order valence-corrected chi connectivity index (χ3v) is 2.95. The molecule has 0 spiro atoms. The number of nitriles is 1. The Labute approximate surface area is 108 Å². The fourth-order valence-electron chi connectivity index (χ4n) is 1.52. The topological polar surface area (TPSA) is 48.7 Å². The van der Waals surface area contributed by atoms with Crippen molar-refractivity contribution in [3.05, 3.63) is 22.8 Å². The van der Waals surface area contributed by atoms with Crippen LogP contribution in [0.1, 0.15) is 39.2 Å². The monoisotopic (exact) mass is 251 g/mol. The van der Waals surface area contributed by atoms with Crippen molar-refractivity contribution in [1.82, 2.24) is 4.98 Å². The van der Waals surface area contributed by atoms with Gasteiger partial charge in [0.25, 0.3) is 0 Å². The standard InChI is InChI=1S/C13H18ClN3/c1-9(2)4-5-10(3)17-13-12(14)11(8-15)6-7-16-13/h6-7,9-10H,4-5H2,1-3H3,(H,16,17). The van der Waals surface area contributed by atoms with Crippen LogP contribution < -0.4 is 5.32 Å². The Morgan fingerprint density at radius 3 is 2.71 bits per heavy atom. The summed E-state index contributed by atoms with van der Waals surface area (Å²) in [7, 11) is 0. The fourth-order valence-corrected chi connectivity index (χ4v) is 1.73. The second-order valence-corrected chi connectivity index (χ2v) is 5.03. The summed E-state index contributed by atoms with van der Waals surface area (Å²) >= 11 is 6.07. The fraction of sp³-hybridized carbons (Fsp3) is 0.538. The SMILES string of the molecule is CC(C)CCC(C)Nc1nccc(C#N)c1Cl. The molecule has 0 aliphatic carbocycles. The van der Waals surface area contributed by atoms with Crippen LogP contribution in [0, 0.1) is 17.2 Å². The van der Waals surface area contributed by atoms with Gasteiger partial charge in [0.2, 0.25) is 0 Å². The summed E-state index contributed by atoms with van der Waals surface area (Å²) < 4.78 is 0. The summed E-state index contributed by atoms with van der Waals surface area (Å²) in [6, 6.07) is 3.97. The normalized spacial score (nSPS) is 12.2. The van der Waals surface area contributed by atoms with Crippen LogP contribution in [0.5, 0.6) is 0 Å². The Morgan fingerprint density at radius 1 is 1.41 bits per heavy atom. The first-order valence-corrected chi connectivity index (χ1v) is 6.23. The van der Waals surface area contributed by atoms with Gasteiger partial charge in [0.05, 0.1) is 5.56 Å². The molecule has 3 nitrogen and oxygen atoms in total. The Bertz CT molecular complexity index is 410. The number of hydrogen-bond donors (Lipinski definition) is 1. The molecule has 1 aromatic heterocycles. The number of rotatable bonds is 5. The molecule has 0 saturated carbocycles. The highest BCUT2D eigenvalue weighted by molar-refractivity contribution is 6.34. The lowest BCUT2D eigenvalue weighted by molar-refractivity contribution is 0.527. The van der Waals surface area contributed by atoms with Crippen LogP contribution in [-0.4, -0.2) is 11.0 Å². The molecule has 0 aromatic carbocycles. The lowest BCUT2D eigenvalue weighted by Crippen LogP contribution is -2.17. The number of hydrogen-bond acceptors (Lipinski definition) is 3. The first-order chi connectivity index (χ1) is 8.04. The van der Waals surface area contributed by atoms with Crippen molar-refractivity contribution in [2.45, 2.75) is 39.7 Å². The molecule has 0 aliphatic rings. The van der Waals surface area contributed by atoms with Gasteiger partial charge in [0, 0.05) is 12.2 Å². The summed E-state index contributed by atoms with van der Waals surface area (Å²) in [6.07, 6.45) is 3.82. The summed E-state index contributed by atoms with van der Waals surface area (Å²) in [5.41, 5.74) is 0.459. The number of nitrogens with one attached hydrogen (secondary N) is 1. The first kappa shape index (κ1) is 13.8. The molecule has 1 unspecified atom stereocenters. The van der Waals surface area contributed by atoms with Gasteiger partial charge in [-0.25, -0.2) is 4.98 Å². The van der Waals surface area contributed by atoms with Gasteiger partial charge in [-0.15, -0.1) is 0 Å². The molecule has 0 radical (unpaired) electrons. The van der Waals surface area contributed by atoms with Crippen LogP contribution >= 0.6 is 11.6 Å². The Morgan fingerprint density at radius 2 is 2.12 bits per heavy atom. The summed E-state index contributed by atoms with van der Waals surface area (Å²) in [4.78, 5) is 4.16. The van der Waals surface area contributed by atoms with E-state index in [1.54, 1.807) is 12.3 Å². The van der Waals surface area contributed by atoms with E-state index >= 15 is 0 Å². The molecule has 0 amide bonds. The third-order valence-electron chi connectivity index (χ3n) is 2.57. The van der Waals surface area contributed by atoms with E-state index in [1.165, 1.54) is 0 Å². The number of aromatic nitrogens is 1. The van der Waals surface area contributed by atoms with Crippen molar-refractivity contribution in [3.63, 3.8) is 0 Å². The van der Waals surface area contributed by atoms with Crippen LogP contribution in [0.25, 0.3) is 0 Å². The van der Waals surface area contributed by atoms with E-state index < -0.39 is 0 Å². The van der Waals surface area contributed by atoms with Crippen molar-refractivity contribution in [1.29, 1.82) is 5.26 Å². The van der Waals surface area contributed by atoms with Gasteiger partial charge in [-0.05, 0) is 31.7 Å². The molecule has 0 aliphatic heterocycles. The van der Waals surface area contributed by atoms with Gasteiger partial charge in [-0.1, -0.05) is 25.4 Å². The molecule has 1 aromatic rings. The van der Waals surface area contributed by atoms with Gasteiger partial charge in [0.1, 0.15) is 16.9 Å².